The highest BCUT2D eigenvalue weighted by atomic mass is 32.2. The number of imidazole rings is 1. The highest BCUT2D eigenvalue weighted by Crippen LogP contribution is 2.36. The second-order valence-corrected chi connectivity index (χ2v) is 9.06. The second kappa shape index (κ2) is 7.13. The highest BCUT2D eigenvalue weighted by molar-refractivity contribution is 7.90. The first-order valence-electron chi connectivity index (χ1n) is 8.25. The maximum Gasteiger partial charge on any atom is 0.189 e. The third kappa shape index (κ3) is 3.64. The molecule has 3 heterocycles. The van der Waals surface area contributed by atoms with E-state index < -0.39 is 9.84 Å². The summed E-state index contributed by atoms with van der Waals surface area (Å²) in [7, 11) is -3.39. The molecule has 0 saturated carbocycles. The SMILES string of the molecule is Cc1nc(Nc2cnccn2)sc1-c1ccc(S(C)(=O)=O)c(-n2ccnc2)c1. The van der Waals surface area contributed by atoms with Crippen molar-refractivity contribution in [3.05, 3.63) is 61.2 Å². The number of anilines is 2. The summed E-state index contributed by atoms with van der Waals surface area (Å²) in [5.41, 5.74) is 2.26. The van der Waals surface area contributed by atoms with Crippen LogP contribution in [0.1, 0.15) is 5.69 Å². The molecule has 0 spiro atoms. The summed E-state index contributed by atoms with van der Waals surface area (Å²) in [6.07, 6.45) is 10.9. The standard InChI is InChI=1S/C18H16N6O2S2/c1-12-17(27-18(22-12)23-16-10-19-5-6-21-16)13-3-4-15(28(2,25)26)14(9-13)24-8-7-20-11-24/h3-11H,1-2H3,(H,21,22,23). The van der Waals surface area contributed by atoms with Crippen molar-refractivity contribution in [2.24, 2.45) is 0 Å². The van der Waals surface area contributed by atoms with E-state index >= 15 is 0 Å². The molecule has 0 unspecified atom stereocenters. The summed E-state index contributed by atoms with van der Waals surface area (Å²) in [4.78, 5) is 18.0. The Morgan fingerprint density at radius 1 is 1.14 bits per heavy atom. The average molecular weight is 413 g/mol. The molecule has 0 aliphatic carbocycles. The Hall–Kier alpha value is -3.11. The summed E-state index contributed by atoms with van der Waals surface area (Å²) in [6, 6.07) is 5.25. The first kappa shape index (κ1) is 18.3. The van der Waals surface area contributed by atoms with Gasteiger partial charge < -0.3 is 9.88 Å². The number of benzene rings is 1. The largest absolute Gasteiger partial charge is 0.315 e. The van der Waals surface area contributed by atoms with E-state index in [1.165, 1.54) is 17.6 Å². The topological polar surface area (TPSA) is 103 Å². The van der Waals surface area contributed by atoms with Crippen LogP contribution in [-0.2, 0) is 9.84 Å². The third-order valence-electron chi connectivity index (χ3n) is 4.00. The van der Waals surface area contributed by atoms with Crippen LogP contribution < -0.4 is 5.32 Å². The number of aryl methyl sites for hydroxylation is 1. The third-order valence-corrected chi connectivity index (χ3v) is 6.26. The van der Waals surface area contributed by atoms with Crippen molar-refractivity contribution in [2.75, 3.05) is 11.6 Å². The van der Waals surface area contributed by atoms with Crippen molar-refractivity contribution >= 4 is 32.1 Å². The summed E-state index contributed by atoms with van der Waals surface area (Å²) in [6.45, 7) is 1.91. The molecular weight excluding hydrogens is 396 g/mol. The van der Waals surface area contributed by atoms with E-state index in [2.05, 4.69) is 25.3 Å². The summed E-state index contributed by atoms with van der Waals surface area (Å²) >= 11 is 1.46. The highest BCUT2D eigenvalue weighted by Gasteiger charge is 2.18. The number of sulfone groups is 1. The van der Waals surface area contributed by atoms with Crippen molar-refractivity contribution in [1.82, 2.24) is 24.5 Å². The fraction of sp³-hybridized carbons (Fsp3) is 0.111. The molecule has 0 bridgehead atoms. The first-order chi connectivity index (χ1) is 13.4. The summed E-state index contributed by atoms with van der Waals surface area (Å²) in [5, 5.41) is 3.82. The lowest BCUT2D eigenvalue weighted by atomic mass is 10.1. The van der Waals surface area contributed by atoms with Crippen LogP contribution in [0.25, 0.3) is 16.1 Å². The van der Waals surface area contributed by atoms with Gasteiger partial charge in [-0.25, -0.2) is 23.4 Å². The minimum absolute atomic E-state index is 0.245. The van der Waals surface area contributed by atoms with Crippen molar-refractivity contribution in [3.8, 4) is 16.1 Å². The van der Waals surface area contributed by atoms with E-state index in [1.807, 2.05) is 13.0 Å². The van der Waals surface area contributed by atoms with Gasteiger partial charge in [-0.05, 0) is 24.6 Å². The molecule has 28 heavy (non-hydrogen) atoms. The van der Waals surface area contributed by atoms with Crippen molar-refractivity contribution in [2.45, 2.75) is 11.8 Å². The monoisotopic (exact) mass is 412 g/mol. The quantitative estimate of drug-likeness (QED) is 0.537. The van der Waals surface area contributed by atoms with Crippen molar-refractivity contribution in [3.63, 3.8) is 0 Å². The van der Waals surface area contributed by atoms with Crippen LogP contribution in [0.5, 0.6) is 0 Å². The fourth-order valence-electron chi connectivity index (χ4n) is 2.77. The van der Waals surface area contributed by atoms with Crippen LogP contribution in [0.3, 0.4) is 0 Å². The smallest absolute Gasteiger partial charge is 0.189 e. The number of hydrogen-bond donors (Lipinski definition) is 1. The van der Waals surface area contributed by atoms with Crippen LogP contribution in [0.15, 0.2) is 60.4 Å². The van der Waals surface area contributed by atoms with Gasteiger partial charge in [0.1, 0.15) is 0 Å². The van der Waals surface area contributed by atoms with Gasteiger partial charge in [-0.2, -0.15) is 0 Å². The molecule has 4 rings (SSSR count). The van der Waals surface area contributed by atoms with Gasteiger partial charge in [0.25, 0.3) is 0 Å². The molecule has 8 nitrogen and oxygen atoms in total. The molecule has 1 N–H and O–H groups in total. The van der Waals surface area contributed by atoms with Crippen LogP contribution in [0.4, 0.5) is 10.9 Å². The molecule has 0 atom stereocenters. The number of hydrogen-bond acceptors (Lipinski definition) is 8. The van der Waals surface area contributed by atoms with Crippen LogP contribution in [0, 0.1) is 6.92 Å². The lowest BCUT2D eigenvalue weighted by Gasteiger charge is -2.11. The fourth-order valence-corrected chi connectivity index (χ4v) is 4.60. The minimum atomic E-state index is -3.39. The Labute approximate surface area is 165 Å². The number of rotatable bonds is 5. The van der Waals surface area contributed by atoms with E-state index in [9.17, 15) is 8.42 Å². The van der Waals surface area contributed by atoms with E-state index in [0.29, 0.717) is 16.6 Å². The molecule has 0 aliphatic heterocycles. The zero-order chi connectivity index (χ0) is 19.7. The van der Waals surface area contributed by atoms with Gasteiger partial charge >= 0.3 is 0 Å². The molecule has 10 heteroatoms. The molecule has 0 amide bonds. The Bertz CT molecular complexity index is 1220. The van der Waals surface area contributed by atoms with Gasteiger partial charge in [0.05, 0.1) is 33.7 Å². The Kier molecular flexibility index (Phi) is 4.65. The molecule has 142 valence electrons. The van der Waals surface area contributed by atoms with Crippen LogP contribution in [-0.4, -0.2) is 39.2 Å². The first-order valence-corrected chi connectivity index (χ1v) is 11.0. The zero-order valence-corrected chi connectivity index (χ0v) is 16.7. The molecule has 4 aromatic rings. The van der Waals surface area contributed by atoms with E-state index in [-0.39, 0.29) is 4.90 Å². The van der Waals surface area contributed by atoms with Gasteiger partial charge in [-0.3, -0.25) is 4.98 Å². The van der Waals surface area contributed by atoms with Gasteiger partial charge in [0, 0.05) is 31.0 Å². The second-order valence-electron chi connectivity index (χ2n) is 6.07. The molecule has 0 radical (unpaired) electrons. The van der Waals surface area contributed by atoms with Gasteiger partial charge in [0.2, 0.25) is 0 Å². The summed E-state index contributed by atoms with van der Waals surface area (Å²) < 4.78 is 26.1. The van der Waals surface area contributed by atoms with Crippen molar-refractivity contribution < 1.29 is 8.42 Å². The summed E-state index contributed by atoms with van der Waals surface area (Å²) in [5.74, 6) is 0.606. The van der Waals surface area contributed by atoms with Gasteiger partial charge in [0.15, 0.2) is 20.8 Å². The van der Waals surface area contributed by atoms with E-state index in [0.717, 1.165) is 16.1 Å². The van der Waals surface area contributed by atoms with Crippen LogP contribution >= 0.6 is 11.3 Å². The molecule has 0 fully saturated rings. The number of thiazole rings is 1. The Balaban J connectivity index is 1.77. The number of aromatic nitrogens is 5. The predicted octanol–water partition coefficient (Wildman–Crippen LogP) is 3.24. The molecule has 3 aromatic heterocycles. The zero-order valence-electron chi connectivity index (χ0n) is 15.1. The van der Waals surface area contributed by atoms with Gasteiger partial charge in [-0.15, -0.1) is 0 Å². The molecule has 0 aliphatic rings. The van der Waals surface area contributed by atoms with Crippen LogP contribution in [0.2, 0.25) is 0 Å². The molecule has 1 aromatic carbocycles. The Morgan fingerprint density at radius 3 is 2.68 bits per heavy atom. The average Bonchev–Trinajstić information content (AvgIpc) is 3.31. The lowest BCUT2D eigenvalue weighted by Crippen LogP contribution is -2.04. The number of nitrogens with one attached hydrogen (secondary N) is 1. The van der Waals surface area contributed by atoms with E-state index in [1.54, 1.807) is 54.0 Å². The number of nitrogens with zero attached hydrogens (tertiary/aromatic N) is 5. The minimum Gasteiger partial charge on any atom is -0.315 e. The predicted molar refractivity (Wildman–Crippen MR) is 108 cm³/mol. The lowest BCUT2D eigenvalue weighted by molar-refractivity contribution is 0.601. The molecule has 0 saturated heterocycles. The van der Waals surface area contributed by atoms with Crippen molar-refractivity contribution in [1.29, 1.82) is 0 Å². The van der Waals surface area contributed by atoms with E-state index in [4.69, 9.17) is 0 Å². The molecular formula is C18H16N6O2S2. The Morgan fingerprint density at radius 2 is 2.00 bits per heavy atom. The van der Waals surface area contributed by atoms with Gasteiger partial charge in [-0.1, -0.05) is 17.4 Å². The normalized spacial score (nSPS) is 11.5. The maximum atomic E-state index is 12.2. The maximum absolute atomic E-state index is 12.2.